The maximum Gasteiger partial charge on any atom is 0.371 e. The lowest BCUT2D eigenvalue weighted by atomic mass is 10.2. The van der Waals surface area contributed by atoms with Gasteiger partial charge in [0.25, 0.3) is 0 Å². The molecule has 0 bridgehead atoms. The summed E-state index contributed by atoms with van der Waals surface area (Å²) in [4.78, 5) is 16.8. The van der Waals surface area contributed by atoms with E-state index in [-0.39, 0.29) is 16.4 Å². The number of aryl methyl sites for hydroxylation is 1. The molecule has 1 aromatic carbocycles. The molecule has 2 N–H and O–H groups in total. The largest absolute Gasteiger partial charge is 0.475 e. The van der Waals surface area contributed by atoms with Crippen LogP contribution in [0.3, 0.4) is 0 Å². The molecule has 0 amide bonds. The molecule has 0 aliphatic heterocycles. The summed E-state index contributed by atoms with van der Waals surface area (Å²) in [7, 11) is 0. The van der Waals surface area contributed by atoms with E-state index in [1.54, 1.807) is 6.92 Å². The van der Waals surface area contributed by atoms with Crippen LogP contribution in [0.4, 0.5) is 4.39 Å². The van der Waals surface area contributed by atoms with Gasteiger partial charge >= 0.3 is 5.97 Å². The fourth-order valence-corrected chi connectivity index (χ4v) is 1.52. The Morgan fingerprint density at radius 2 is 2.33 bits per heavy atom. The SMILES string of the molecule is Cc1c(Cl)cc(F)c2nc(C(=O)O)[nH]c12. The molecule has 1 aromatic heterocycles. The molecule has 0 radical (unpaired) electrons. The van der Waals surface area contributed by atoms with Gasteiger partial charge in [0.1, 0.15) is 5.52 Å². The van der Waals surface area contributed by atoms with Gasteiger partial charge in [-0.1, -0.05) is 11.6 Å². The number of benzene rings is 1. The zero-order valence-electron chi connectivity index (χ0n) is 7.64. The first kappa shape index (κ1) is 9.92. The minimum atomic E-state index is -1.24. The summed E-state index contributed by atoms with van der Waals surface area (Å²) in [6.45, 7) is 1.66. The van der Waals surface area contributed by atoms with E-state index in [0.717, 1.165) is 6.07 Å². The third kappa shape index (κ3) is 1.45. The Morgan fingerprint density at radius 3 is 2.93 bits per heavy atom. The van der Waals surface area contributed by atoms with Crippen molar-refractivity contribution in [3.8, 4) is 0 Å². The Kier molecular flexibility index (Phi) is 2.12. The van der Waals surface area contributed by atoms with Crippen LogP contribution in [0, 0.1) is 12.7 Å². The molecule has 0 fully saturated rings. The molecule has 1 heterocycles. The number of rotatable bonds is 1. The standard InChI is InChI=1S/C9H6ClFN2O2/c1-3-4(10)2-5(11)7-6(3)12-8(13-7)9(14)15/h2H,1H3,(H,12,13)(H,14,15). The number of aromatic amines is 1. The number of carbonyl (C=O) groups is 1. The highest BCUT2D eigenvalue weighted by atomic mass is 35.5. The molecule has 4 nitrogen and oxygen atoms in total. The second-order valence-electron chi connectivity index (χ2n) is 3.08. The van der Waals surface area contributed by atoms with E-state index in [1.165, 1.54) is 0 Å². The highest BCUT2D eigenvalue weighted by Crippen LogP contribution is 2.26. The van der Waals surface area contributed by atoms with Crippen LogP contribution in [-0.4, -0.2) is 21.0 Å². The van der Waals surface area contributed by atoms with Gasteiger partial charge in [0.15, 0.2) is 5.82 Å². The first-order chi connectivity index (χ1) is 7.00. The van der Waals surface area contributed by atoms with Crippen LogP contribution in [0.5, 0.6) is 0 Å². The van der Waals surface area contributed by atoms with E-state index >= 15 is 0 Å². The molecule has 0 saturated carbocycles. The van der Waals surface area contributed by atoms with E-state index in [1.807, 2.05) is 0 Å². The van der Waals surface area contributed by atoms with Crippen LogP contribution in [0.25, 0.3) is 11.0 Å². The fourth-order valence-electron chi connectivity index (χ4n) is 1.33. The van der Waals surface area contributed by atoms with Gasteiger partial charge in [-0.3, -0.25) is 0 Å². The second-order valence-corrected chi connectivity index (χ2v) is 3.49. The number of aromatic carboxylic acids is 1. The summed E-state index contributed by atoms with van der Waals surface area (Å²) in [6.07, 6.45) is 0. The number of fused-ring (bicyclic) bond motifs is 1. The minimum absolute atomic E-state index is 0.00528. The molecule has 2 aromatic rings. The summed E-state index contributed by atoms with van der Waals surface area (Å²) in [5.74, 6) is -2.17. The van der Waals surface area contributed by atoms with Crippen LogP contribution >= 0.6 is 11.6 Å². The van der Waals surface area contributed by atoms with Gasteiger partial charge in [-0.2, -0.15) is 0 Å². The van der Waals surface area contributed by atoms with E-state index < -0.39 is 11.8 Å². The molecule has 0 atom stereocenters. The van der Waals surface area contributed by atoms with Gasteiger partial charge < -0.3 is 10.1 Å². The van der Waals surface area contributed by atoms with E-state index in [4.69, 9.17) is 16.7 Å². The van der Waals surface area contributed by atoms with E-state index in [9.17, 15) is 9.18 Å². The highest BCUT2D eigenvalue weighted by Gasteiger charge is 2.15. The number of imidazole rings is 1. The normalized spacial score (nSPS) is 10.9. The van der Waals surface area contributed by atoms with Crippen LogP contribution in [0.1, 0.15) is 16.2 Å². The Bertz CT molecular complexity index is 565. The number of hydrogen-bond acceptors (Lipinski definition) is 2. The lowest BCUT2D eigenvalue weighted by molar-refractivity contribution is 0.0685. The molecule has 15 heavy (non-hydrogen) atoms. The summed E-state index contributed by atoms with van der Waals surface area (Å²) in [6, 6.07) is 1.12. The summed E-state index contributed by atoms with van der Waals surface area (Å²) < 4.78 is 13.3. The Balaban J connectivity index is 2.85. The molecule has 78 valence electrons. The van der Waals surface area contributed by atoms with Crippen molar-refractivity contribution in [3.05, 3.63) is 28.3 Å². The first-order valence-electron chi connectivity index (χ1n) is 4.08. The van der Waals surface area contributed by atoms with Crippen LogP contribution in [0.15, 0.2) is 6.07 Å². The Morgan fingerprint density at radius 1 is 1.67 bits per heavy atom. The third-order valence-electron chi connectivity index (χ3n) is 2.12. The summed E-state index contributed by atoms with van der Waals surface area (Å²) >= 11 is 5.75. The van der Waals surface area contributed by atoms with Gasteiger partial charge in [0, 0.05) is 5.02 Å². The van der Waals surface area contributed by atoms with E-state index in [2.05, 4.69) is 9.97 Å². The maximum atomic E-state index is 13.3. The van der Waals surface area contributed by atoms with Gasteiger partial charge in [-0.15, -0.1) is 0 Å². The molecule has 0 aliphatic carbocycles. The number of aromatic nitrogens is 2. The summed E-state index contributed by atoms with van der Waals surface area (Å²) in [5.41, 5.74) is 0.889. The van der Waals surface area contributed by atoms with Gasteiger partial charge in [0.2, 0.25) is 5.82 Å². The average molecular weight is 229 g/mol. The number of hydrogen-bond donors (Lipinski definition) is 2. The lowest BCUT2D eigenvalue weighted by Crippen LogP contribution is -1.97. The molecular weight excluding hydrogens is 223 g/mol. The van der Waals surface area contributed by atoms with Crippen LogP contribution in [0.2, 0.25) is 5.02 Å². The predicted octanol–water partition coefficient (Wildman–Crippen LogP) is 2.36. The highest BCUT2D eigenvalue weighted by molar-refractivity contribution is 6.32. The topological polar surface area (TPSA) is 66.0 Å². The smallest absolute Gasteiger partial charge is 0.371 e. The number of carboxylic acids is 1. The molecule has 0 spiro atoms. The average Bonchev–Trinajstić information content (AvgIpc) is 2.59. The molecule has 0 saturated heterocycles. The number of carboxylic acid groups (broad SMARTS) is 1. The summed E-state index contributed by atoms with van der Waals surface area (Å²) in [5, 5.41) is 8.92. The van der Waals surface area contributed by atoms with Crippen molar-refractivity contribution < 1.29 is 14.3 Å². The molecule has 0 unspecified atom stereocenters. The monoisotopic (exact) mass is 228 g/mol. The van der Waals surface area contributed by atoms with E-state index in [0.29, 0.717) is 11.1 Å². The second kappa shape index (κ2) is 3.20. The van der Waals surface area contributed by atoms with Crippen molar-refractivity contribution >= 4 is 28.6 Å². The Hall–Kier alpha value is -1.62. The molecular formula is C9H6ClFN2O2. The number of H-pyrrole nitrogens is 1. The van der Waals surface area contributed by atoms with Crippen molar-refractivity contribution in [2.24, 2.45) is 0 Å². The van der Waals surface area contributed by atoms with Gasteiger partial charge in [-0.25, -0.2) is 14.2 Å². The van der Waals surface area contributed by atoms with Gasteiger partial charge in [-0.05, 0) is 18.6 Å². The quantitative estimate of drug-likeness (QED) is 0.788. The zero-order chi connectivity index (χ0) is 11.2. The van der Waals surface area contributed by atoms with Gasteiger partial charge in [0.05, 0.1) is 5.52 Å². The third-order valence-corrected chi connectivity index (χ3v) is 2.51. The minimum Gasteiger partial charge on any atom is -0.475 e. The molecule has 2 rings (SSSR count). The van der Waals surface area contributed by atoms with Crippen LogP contribution < -0.4 is 0 Å². The maximum absolute atomic E-state index is 13.3. The Labute approximate surface area is 88.7 Å². The zero-order valence-corrected chi connectivity index (χ0v) is 8.39. The number of nitrogens with one attached hydrogen (secondary N) is 1. The molecule has 6 heteroatoms. The first-order valence-corrected chi connectivity index (χ1v) is 4.46. The molecule has 0 aliphatic rings. The van der Waals surface area contributed by atoms with Crippen molar-refractivity contribution in [1.29, 1.82) is 0 Å². The fraction of sp³-hybridized carbons (Fsp3) is 0.111. The number of halogens is 2. The van der Waals surface area contributed by atoms with Crippen molar-refractivity contribution in [2.75, 3.05) is 0 Å². The van der Waals surface area contributed by atoms with Crippen molar-refractivity contribution in [2.45, 2.75) is 6.92 Å². The number of nitrogens with zero attached hydrogens (tertiary/aromatic N) is 1. The predicted molar refractivity (Wildman–Crippen MR) is 52.8 cm³/mol. The van der Waals surface area contributed by atoms with Crippen molar-refractivity contribution in [1.82, 2.24) is 9.97 Å². The van der Waals surface area contributed by atoms with Crippen molar-refractivity contribution in [3.63, 3.8) is 0 Å². The lowest BCUT2D eigenvalue weighted by Gasteiger charge is -1.98. The van der Waals surface area contributed by atoms with Crippen LogP contribution in [-0.2, 0) is 0 Å².